The molecule has 2 atom stereocenters. The van der Waals surface area contributed by atoms with Gasteiger partial charge in [-0.05, 0) is 12.1 Å². The average molecular weight is 341 g/mol. The molecule has 2 aromatic rings. The number of carboxylic acids is 1. The number of para-hydroxylation sites is 1. The lowest BCUT2D eigenvalue weighted by Gasteiger charge is -2.35. The van der Waals surface area contributed by atoms with Crippen LogP contribution in [0.15, 0.2) is 42.7 Å². The van der Waals surface area contributed by atoms with Crippen LogP contribution < -0.4 is 4.74 Å². The molecule has 1 fully saturated rings. The molecule has 1 N–H and O–H groups in total. The third-order valence-electron chi connectivity index (χ3n) is 5.22. The Hall–Kier alpha value is -2.83. The molecule has 7 heteroatoms. The van der Waals surface area contributed by atoms with Gasteiger partial charge in [0, 0.05) is 49.9 Å². The number of hydrogen-bond donors (Lipinski definition) is 1. The van der Waals surface area contributed by atoms with Crippen molar-refractivity contribution >= 4 is 11.9 Å². The van der Waals surface area contributed by atoms with Gasteiger partial charge in [0.2, 0.25) is 5.91 Å². The topological polar surface area (TPSA) is 84.7 Å². The second kappa shape index (κ2) is 5.91. The van der Waals surface area contributed by atoms with Crippen molar-refractivity contribution in [1.82, 2.24) is 14.7 Å². The maximum Gasteiger partial charge on any atom is 0.315 e. The van der Waals surface area contributed by atoms with E-state index < -0.39 is 11.4 Å². The first kappa shape index (κ1) is 15.7. The number of fused-ring (bicyclic) bond motifs is 3. The third-order valence-corrected chi connectivity index (χ3v) is 5.22. The summed E-state index contributed by atoms with van der Waals surface area (Å²) in [5.74, 6) is -0.490. The molecule has 4 rings (SSSR count). The largest absolute Gasteiger partial charge is 0.492 e. The summed E-state index contributed by atoms with van der Waals surface area (Å²) >= 11 is 0. The molecule has 3 heterocycles. The molecule has 1 amide bonds. The van der Waals surface area contributed by atoms with Crippen molar-refractivity contribution in [2.75, 3.05) is 19.7 Å². The summed E-state index contributed by atoms with van der Waals surface area (Å²) in [5.41, 5.74) is -0.200. The molecule has 0 bridgehead atoms. The Morgan fingerprint density at radius 2 is 2.16 bits per heavy atom. The van der Waals surface area contributed by atoms with Gasteiger partial charge in [-0.2, -0.15) is 5.10 Å². The zero-order valence-electron chi connectivity index (χ0n) is 13.7. The van der Waals surface area contributed by atoms with Crippen molar-refractivity contribution in [3.8, 4) is 5.75 Å². The molecule has 0 aliphatic carbocycles. The predicted molar refractivity (Wildman–Crippen MR) is 88.2 cm³/mol. The number of carbonyl (C=O) groups is 2. The van der Waals surface area contributed by atoms with E-state index in [1.54, 1.807) is 22.0 Å². The Kier molecular flexibility index (Phi) is 3.71. The van der Waals surface area contributed by atoms with Crippen LogP contribution in [0.1, 0.15) is 17.9 Å². The fourth-order valence-corrected chi connectivity index (χ4v) is 3.83. The quantitative estimate of drug-likeness (QED) is 0.908. The molecule has 1 aromatic heterocycles. The van der Waals surface area contributed by atoms with Gasteiger partial charge in [-0.15, -0.1) is 0 Å². The normalized spacial score (nSPS) is 24.3. The number of carbonyl (C=O) groups excluding carboxylic acids is 1. The number of nitrogens with zero attached hydrogens (tertiary/aromatic N) is 3. The van der Waals surface area contributed by atoms with E-state index in [0.29, 0.717) is 19.5 Å². The van der Waals surface area contributed by atoms with Gasteiger partial charge in [0.1, 0.15) is 17.8 Å². The first-order chi connectivity index (χ1) is 12.1. The van der Waals surface area contributed by atoms with Crippen molar-refractivity contribution in [2.24, 2.45) is 5.41 Å². The minimum atomic E-state index is -1.07. The van der Waals surface area contributed by atoms with Gasteiger partial charge in [0.25, 0.3) is 0 Å². The Labute approximate surface area is 144 Å². The highest BCUT2D eigenvalue weighted by Gasteiger charge is 2.57. The number of carboxylic acid groups (broad SMARTS) is 1. The maximum atomic E-state index is 12.6. The summed E-state index contributed by atoms with van der Waals surface area (Å²) in [6, 6.07) is 9.30. The second-order valence-corrected chi connectivity index (χ2v) is 6.63. The van der Waals surface area contributed by atoms with Crippen LogP contribution in [-0.2, 0) is 16.1 Å². The van der Waals surface area contributed by atoms with Crippen molar-refractivity contribution in [2.45, 2.75) is 18.9 Å². The van der Waals surface area contributed by atoms with Crippen molar-refractivity contribution < 1.29 is 19.4 Å². The molecule has 2 aliphatic heterocycles. The number of amides is 1. The molecule has 25 heavy (non-hydrogen) atoms. The van der Waals surface area contributed by atoms with Gasteiger partial charge in [-0.1, -0.05) is 18.2 Å². The van der Waals surface area contributed by atoms with E-state index >= 15 is 0 Å². The molecule has 7 nitrogen and oxygen atoms in total. The van der Waals surface area contributed by atoms with Gasteiger partial charge < -0.3 is 14.7 Å². The van der Waals surface area contributed by atoms with Crippen LogP contribution in [0, 0.1) is 5.41 Å². The molecule has 0 radical (unpaired) electrons. The zero-order chi connectivity index (χ0) is 17.4. The highest BCUT2D eigenvalue weighted by Crippen LogP contribution is 2.49. The number of rotatable bonds is 4. The van der Waals surface area contributed by atoms with Gasteiger partial charge >= 0.3 is 5.97 Å². The summed E-state index contributed by atoms with van der Waals surface area (Å²) in [6.45, 7) is 1.16. The molecule has 1 aromatic carbocycles. The lowest BCUT2D eigenvalue weighted by molar-refractivity contribution is -0.152. The summed E-state index contributed by atoms with van der Waals surface area (Å²) < 4.78 is 7.42. The Morgan fingerprint density at radius 3 is 2.92 bits per heavy atom. The number of likely N-dealkylation sites (tertiary alicyclic amines) is 1. The fourth-order valence-electron chi connectivity index (χ4n) is 3.83. The predicted octanol–water partition coefficient (Wildman–Crippen LogP) is 1.36. The van der Waals surface area contributed by atoms with Gasteiger partial charge in [0.05, 0.1) is 0 Å². The lowest BCUT2D eigenvalue weighted by Crippen LogP contribution is -2.46. The van der Waals surface area contributed by atoms with Crippen LogP contribution in [0.5, 0.6) is 5.75 Å². The minimum Gasteiger partial charge on any atom is -0.492 e. The summed E-state index contributed by atoms with van der Waals surface area (Å²) in [4.78, 5) is 26.3. The first-order valence-electron chi connectivity index (χ1n) is 8.30. The van der Waals surface area contributed by atoms with Crippen molar-refractivity contribution in [3.63, 3.8) is 0 Å². The van der Waals surface area contributed by atoms with E-state index in [-0.39, 0.29) is 25.0 Å². The lowest BCUT2D eigenvalue weighted by atomic mass is 9.73. The van der Waals surface area contributed by atoms with E-state index in [9.17, 15) is 14.7 Å². The molecular weight excluding hydrogens is 322 g/mol. The molecular formula is C18H19N3O4. The van der Waals surface area contributed by atoms with Crippen LogP contribution in [0.4, 0.5) is 0 Å². The number of aryl methyl sites for hydroxylation is 1. The highest BCUT2D eigenvalue weighted by molar-refractivity contribution is 5.82. The van der Waals surface area contributed by atoms with Crippen LogP contribution >= 0.6 is 0 Å². The second-order valence-electron chi connectivity index (χ2n) is 6.63. The van der Waals surface area contributed by atoms with E-state index in [2.05, 4.69) is 5.10 Å². The molecule has 0 spiro atoms. The fraction of sp³-hybridized carbons (Fsp3) is 0.389. The van der Waals surface area contributed by atoms with Gasteiger partial charge in [-0.25, -0.2) is 0 Å². The van der Waals surface area contributed by atoms with E-state index in [1.807, 2.05) is 30.3 Å². The van der Waals surface area contributed by atoms with Gasteiger partial charge in [0.15, 0.2) is 0 Å². The number of hydrogen-bond acceptors (Lipinski definition) is 4. The van der Waals surface area contributed by atoms with Crippen LogP contribution in [0.2, 0.25) is 0 Å². The molecule has 130 valence electrons. The van der Waals surface area contributed by atoms with Crippen molar-refractivity contribution in [3.05, 3.63) is 48.3 Å². The molecule has 1 saturated heterocycles. The van der Waals surface area contributed by atoms with Gasteiger partial charge in [-0.3, -0.25) is 14.3 Å². The number of aromatic nitrogens is 2. The monoisotopic (exact) mass is 341 g/mol. The number of benzene rings is 1. The Balaban J connectivity index is 1.56. The Morgan fingerprint density at radius 1 is 1.32 bits per heavy atom. The van der Waals surface area contributed by atoms with E-state index in [4.69, 9.17) is 4.74 Å². The summed E-state index contributed by atoms with van der Waals surface area (Å²) in [6.07, 6.45) is 3.77. The average Bonchev–Trinajstić information content (AvgIpc) is 3.27. The first-order valence-corrected chi connectivity index (χ1v) is 8.30. The zero-order valence-corrected chi connectivity index (χ0v) is 13.7. The molecule has 2 aliphatic rings. The SMILES string of the molecule is O=C(CCn1cccn1)N1CC2c3ccccc3OC[C@]2(C(=O)O)C1. The summed E-state index contributed by atoms with van der Waals surface area (Å²) in [7, 11) is 0. The minimum absolute atomic E-state index is 0.0528. The number of ether oxygens (including phenoxy) is 1. The highest BCUT2D eigenvalue weighted by atomic mass is 16.5. The van der Waals surface area contributed by atoms with E-state index in [1.165, 1.54) is 0 Å². The molecule has 0 saturated carbocycles. The van der Waals surface area contributed by atoms with E-state index in [0.717, 1.165) is 11.3 Å². The van der Waals surface area contributed by atoms with Crippen LogP contribution in [-0.4, -0.2) is 51.4 Å². The third kappa shape index (κ3) is 2.56. The molecule has 1 unspecified atom stereocenters. The smallest absolute Gasteiger partial charge is 0.315 e. The summed E-state index contributed by atoms with van der Waals surface area (Å²) in [5, 5.41) is 14.0. The Bertz CT molecular complexity index is 804. The van der Waals surface area contributed by atoms with Crippen molar-refractivity contribution in [1.29, 1.82) is 0 Å². The van der Waals surface area contributed by atoms with Crippen LogP contribution in [0.25, 0.3) is 0 Å². The maximum absolute atomic E-state index is 12.6. The number of aliphatic carboxylic acids is 1. The standard InChI is InChI=1S/C18H19N3O4/c22-16(6-9-21-8-3-7-19-21)20-10-14-13-4-1-2-5-15(13)25-12-18(14,11-20)17(23)24/h1-5,7-8,14H,6,9-12H2,(H,23,24)/t14?,18-/m1/s1. The van der Waals surface area contributed by atoms with Crippen LogP contribution in [0.3, 0.4) is 0 Å².